The maximum absolute atomic E-state index is 13.1. The van der Waals surface area contributed by atoms with Crippen molar-refractivity contribution in [3.8, 4) is 11.1 Å². The molecule has 1 aromatic carbocycles. The summed E-state index contributed by atoms with van der Waals surface area (Å²) < 4.78 is 34.9. The van der Waals surface area contributed by atoms with Crippen LogP contribution in [0.5, 0.6) is 0 Å². The van der Waals surface area contributed by atoms with Crippen LogP contribution in [-0.2, 0) is 21.2 Å². The number of sulfonamides is 1. The molecule has 0 aliphatic carbocycles. The quantitative estimate of drug-likeness (QED) is 0.403. The molecule has 0 saturated carbocycles. The molecular formula is C23H30N4O4S2. The van der Waals surface area contributed by atoms with Gasteiger partial charge in [-0.3, -0.25) is 4.68 Å². The molecule has 33 heavy (non-hydrogen) atoms. The second kappa shape index (κ2) is 11.0. The summed E-state index contributed by atoms with van der Waals surface area (Å²) in [4.78, 5) is 13.0. The lowest BCUT2D eigenvalue weighted by atomic mass is 10.0. The number of carbonyl (C=O) groups is 1. The lowest BCUT2D eigenvalue weighted by molar-refractivity contribution is 0.151. The van der Waals surface area contributed by atoms with E-state index in [1.54, 1.807) is 23.1 Å². The van der Waals surface area contributed by atoms with E-state index in [0.717, 1.165) is 28.8 Å². The van der Waals surface area contributed by atoms with Crippen LogP contribution in [0.4, 0.5) is 4.79 Å². The maximum atomic E-state index is 13.1. The highest BCUT2D eigenvalue weighted by Crippen LogP contribution is 2.36. The van der Waals surface area contributed by atoms with Crippen molar-refractivity contribution >= 4 is 27.5 Å². The number of benzene rings is 1. The van der Waals surface area contributed by atoms with E-state index in [4.69, 9.17) is 10.5 Å². The number of nitrogens with one attached hydrogen (secondary N) is 1. The number of unbranched alkanes of at least 4 members (excludes halogenated alkanes) is 1. The van der Waals surface area contributed by atoms with Crippen LogP contribution in [0.1, 0.15) is 50.2 Å². The molecule has 0 spiro atoms. The number of hydrogen-bond donors (Lipinski definition) is 2. The Bertz CT molecular complexity index is 1150. The van der Waals surface area contributed by atoms with Crippen LogP contribution in [0.15, 0.2) is 53.0 Å². The van der Waals surface area contributed by atoms with Gasteiger partial charge in [0.2, 0.25) is 0 Å². The molecule has 0 saturated heterocycles. The van der Waals surface area contributed by atoms with Crippen molar-refractivity contribution in [2.24, 2.45) is 11.7 Å². The highest BCUT2D eigenvalue weighted by molar-refractivity contribution is 7.92. The summed E-state index contributed by atoms with van der Waals surface area (Å²) in [6, 6.07) is 11.0. The van der Waals surface area contributed by atoms with Crippen molar-refractivity contribution in [2.75, 3.05) is 6.61 Å². The van der Waals surface area contributed by atoms with Crippen LogP contribution in [0.3, 0.4) is 0 Å². The number of rotatable bonds is 10. The normalized spacial score (nSPS) is 12.6. The third kappa shape index (κ3) is 6.43. The fraction of sp³-hybridized carbons (Fsp3) is 0.391. The molecule has 0 radical (unpaired) electrons. The van der Waals surface area contributed by atoms with Gasteiger partial charge >= 0.3 is 6.09 Å². The first-order valence-corrected chi connectivity index (χ1v) is 13.2. The number of aromatic nitrogens is 2. The molecule has 2 heterocycles. The summed E-state index contributed by atoms with van der Waals surface area (Å²) in [7, 11) is -4.10. The topological polar surface area (TPSA) is 116 Å². The standard InChI is InChI=1S/C23H30N4O4S2/c1-4-5-13-31-23(28)26-33(29,30)22-20(15-19(32-22)14-16(2)3)17-7-9-18(10-8-17)21(24)27-12-6-11-25-27/h6-12,15-16,21H,4-5,13-14,24H2,1-3H3,(H,26,28). The van der Waals surface area contributed by atoms with Crippen LogP contribution in [-0.4, -0.2) is 30.9 Å². The second-order valence-corrected chi connectivity index (χ2v) is 11.2. The van der Waals surface area contributed by atoms with E-state index in [1.165, 1.54) is 11.3 Å². The van der Waals surface area contributed by atoms with Crippen molar-refractivity contribution in [2.45, 2.75) is 50.4 Å². The first kappa shape index (κ1) is 24.9. The van der Waals surface area contributed by atoms with E-state index >= 15 is 0 Å². The average Bonchev–Trinajstić information content (AvgIpc) is 3.43. The van der Waals surface area contributed by atoms with Crippen LogP contribution in [0, 0.1) is 5.92 Å². The minimum Gasteiger partial charge on any atom is -0.449 e. The van der Waals surface area contributed by atoms with Gasteiger partial charge in [0.1, 0.15) is 10.4 Å². The summed E-state index contributed by atoms with van der Waals surface area (Å²) in [5.41, 5.74) is 8.36. The summed E-state index contributed by atoms with van der Waals surface area (Å²) in [5.74, 6) is 0.355. The van der Waals surface area contributed by atoms with Gasteiger partial charge in [-0.1, -0.05) is 51.5 Å². The Morgan fingerprint density at radius 3 is 2.61 bits per heavy atom. The minimum absolute atomic E-state index is 0.0923. The summed E-state index contributed by atoms with van der Waals surface area (Å²) >= 11 is 1.17. The molecule has 0 bridgehead atoms. The molecule has 1 atom stereocenters. The Kier molecular flexibility index (Phi) is 8.28. The van der Waals surface area contributed by atoms with E-state index < -0.39 is 22.3 Å². The number of amides is 1. The molecule has 1 amide bonds. The Morgan fingerprint density at radius 2 is 2.00 bits per heavy atom. The number of carbonyl (C=O) groups excluding carboxylic acids is 1. The van der Waals surface area contributed by atoms with Crippen LogP contribution < -0.4 is 10.5 Å². The van der Waals surface area contributed by atoms with Crippen LogP contribution in [0.25, 0.3) is 11.1 Å². The number of thiophene rings is 1. The zero-order valence-corrected chi connectivity index (χ0v) is 20.7. The van der Waals surface area contributed by atoms with Crippen LogP contribution in [0.2, 0.25) is 0 Å². The van der Waals surface area contributed by atoms with Crippen molar-refractivity contribution in [1.82, 2.24) is 14.5 Å². The highest BCUT2D eigenvalue weighted by atomic mass is 32.2. The minimum atomic E-state index is -4.10. The third-order valence-electron chi connectivity index (χ3n) is 4.92. The van der Waals surface area contributed by atoms with E-state index in [2.05, 4.69) is 18.9 Å². The summed E-state index contributed by atoms with van der Waals surface area (Å²) in [6.45, 7) is 6.27. The zero-order chi connectivity index (χ0) is 24.0. The molecule has 0 aliphatic heterocycles. The Morgan fingerprint density at radius 1 is 1.27 bits per heavy atom. The molecule has 2 aromatic heterocycles. The fourth-order valence-electron chi connectivity index (χ4n) is 3.28. The fourth-order valence-corrected chi connectivity index (χ4v) is 6.12. The molecule has 10 heteroatoms. The van der Waals surface area contributed by atoms with Gasteiger partial charge in [0.25, 0.3) is 10.0 Å². The second-order valence-electron chi connectivity index (χ2n) is 8.16. The van der Waals surface area contributed by atoms with Gasteiger partial charge in [-0.2, -0.15) is 5.10 Å². The predicted octanol–water partition coefficient (Wildman–Crippen LogP) is 4.53. The molecule has 3 aromatic rings. The summed E-state index contributed by atoms with van der Waals surface area (Å²) in [6.07, 6.45) is 4.27. The van der Waals surface area contributed by atoms with Gasteiger partial charge in [-0.25, -0.2) is 17.9 Å². The smallest absolute Gasteiger partial charge is 0.421 e. The highest BCUT2D eigenvalue weighted by Gasteiger charge is 2.26. The van der Waals surface area contributed by atoms with Gasteiger partial charge in [-0.05, 0) is 42.0 Å². The van der Waals surface area contributed by atoms with Crippen LogP contribution >= 0.6 is 11.3 Å². The number of nitrogens with two attached hydrogens (primary N) is 1. The van der Waals surface area contributed by atoms with Gasteiger partial charge in [0.15, 0.2) is 0 Å². The molecule has 0 aliphatic rings. The van der Waals surface area contributed by atoms with Crippen molar-refractivity contribution in [3.63, 3.8) is 0 Å². The Balaban J connectivity index is 1.91. The first-order chi connectivity index (χ1) is 15.7. The van der Waals surface area contributed by atoms with E-state index in [-0.39, 0.29) is 10.8 Å². The van der Waals surface area contributed by atoms with Crippen molar-refractivity contribution in [1.29, 1.82) is 0 Å². The molecule has 3 rings (SSSR count). The average molecular weight is 491 g/mol. The molecule has 1 unspecified atom stereocenters. The van der Waals surface area contributed by atoms with Gasteiger partial charge in [0, 0.05) is 22.8 Å². The monoisotopic (exact) mass is 490 g/mol. The first-order valence-electron chi connectivity index (χ1n) is 10.9. The van der Waals surface area contributed by atoms with E-state index in [9.17, 15) is 13.2 Å². The Labute approximate surface area is 198 Å². The number of hydrogen-bond acceptors (Lipinski definition) is 7. The van der Waals surface area contributed by atoms with Gasteiger partial charge in [0.05, 0.1) is 6.61 Å². The van der Waals surface area contributed by atoms with E-state index in [1.807, 2.05) is 42.0 Å². The number of nitrogens with zero attached hydrogens (tertiary/aromatic N) is 2. The Hall–Kier alpha value is -2.69. The lowest BCUT2D eigenvalue weighted by Gasteiger charge is -2.13. The molecule has 8 nitrogen and oxygen atoms in total. The predicted molar refractivity (Wildman–Crippen MR) is 129 cm³/mol. The molecule has 0 fully saturated rings. The van der Waals surface area contributed by atoms with Gasteiger partial charge in [-0.15, -0.1) is 11.3 Å². The summed E-state index contributed by atoms with van der Waals surface area (Å²) in [5, 5.41) is 4.17. The molecular weight excluding hydrogens is 460 g/mol. The third-order valence-corrected chi connectivity index (χ3v) is 7.93. The lowest BCUT2D eigenvalue weighted by Crippen LogP contribution is -2.31. The maximum Gasteiger partial charge on any atom is 0.421 e. The van der Waals surface area contributed by atoms with Crippen molar-refractivity contribution < 1.29 is 17.9 Å². The van der Waals surface area contributed by atoms with Gasteiger partial charge < -0.3 is 10.5 Å². The zero-order valence-electron chi connectivity index (χ0n) is 19.0. The number of ether oxygens (including phenoxy) is 1. The molecule has 178 valence electrons. The SMILES string of the molecule is CCCCOC(=O)NS(=O)(=O)c1sc(CC(C)C)cc1-c1ccc(C(N)n2cccn2)cc1. The van der Waals surface area contributed by atoms with E-state index in [0.29, 0.717) is 17.9 Å². The van der Waals surface area contributed by atoms with Crippen molar-refractivity contribution in [3.05, 3.63) is 59.2 Å². The molecule has 3 N–H and O–H groups in total. The largest absolute Gasteiger partial charge is 0.449 e.